The second kappa shape index (κ2) is 6.56. The molecule has 6 heteroatoms. The van der Waals surface area contributed by atoms with Crippen molar-refractivity contribution >= 4 is 11.9 Å². The summed E-state index contributed by atoms with van der Waals surface area (Å²) in [4.78, 5) is 24.2. The molecule has 6 nitrogen and oxygen atoms in total. The van der Waals surface area contributed by atoms with Gasteiger partial charge in [-0.3, -0.25) is 9.59 Å². The number of carboxylic acid groups (broad SMARTS) is 1. The number of hydrogen-bond acceptors (Lipinski definition) is 4. The van der Waals surface area contributed by atoms with Crippen LogP contribution in [0.25, 0.3) is 0 Å². The maximum atomic E-state index is 11.9. The predicted molar refractivity (Wildman–Crippen MR) is 61.4 cm³/mol. The molecule has 1 aliphatic rings. The van der Waals surface area contributed by atoms with Gasteiger partial charge in [0.1, 0.15) is 0 Å². The summed E-state index contributed by atoms with van der Waals surface area (Å²) in [6.07, 6.45) is 1.83. The Bertz CT molecular complexity index is 283. The molecule has 1 saturated heterocycles. The van der Waals surface area contributed by atoms with Crippen LogP contribution in [0.2, 0.25) is 0 Å². The molecule has 0 aromatic heterocycles. The molecule has 2 atom stereocenters. The number of aliphatic carboxylic acids is 1. The predicted octanol–water partition coefficient (Wildman–Crippen LogP) is -0.327. The molecule has 0 saturated carbocycles. The van der Waals surface area contributed by atoms with Gasteiger partial charge < -0.3 is 20.5 Å². The van der Waals surface area contributed by atoms with Crippen molar-refractivity contribution in [3.8, 4) is 0 Å². The van der Waals surface area contributed by atoms with Gasteiger partial charge in [0.25, 0.3) is 0 Å². The van der Waals surface area contributed by atoms with Crippen LogP contribution in [0.5, 0.6) is 0 Å². The largest absolute Gasteiger partial charge is 0.481 e. The number of likely N-dealkylation sites (tertiary alicyclic amines) is 1. The van der Waals surface area contributed by atoms with Crippen LogP contribution in [0.15, 0.2) is 0 Å². The highest BCUT2D eigenvalue weighted by Gasteiger charge is 2.32. The van der Waals surface area contributed by atoms with Crippen molar-refractivity contribution in [3.05, 3.63) is 0 Å². The Kier molecular flexibility index (Phi) is 5.37. The van der Waals surface area contributed by atoms with Gasteiger partial charge in [-0.1, -0.05) is 0 Å². The fourth-order valence-corrected chi connectivity index (χ4v) is 1.97. The van der Waals surface area contributed by atoms with Gasteiger partial charge >= 0.3 is 5.97 Å². The summed E-state index contributed by atoms with van der Waals surface area (Å²) in [6, 6.07) is -0.544. The van der Waals surface area contributed by atoms with E-state index in [0.717, 1.165) is 6.42 Å². The number of methoxy groups -OCH3 is 1. The highest BCUT2D eigenvalue weighted by molar-refractivity contribution is 5.83. The van der Waals surface area contributed by atoms with Gasteiger partial charge in [-0.05, 0) is 19.3 Å². The zero-order valence-corrected chi connectivity index (χ0v) is 10.1. The Labute approximate surface area is 101 Å². The minimum Gasteiger partial charge on any atom is -0.481 e. The van der Waals surface area contributed by atoms with E-state index in [2.05, 4.69) is 0 Å². The number of rotatable bonds is 6. The summed E-state index contributed by atoms with van der Waals surface area (Å²) in [5.41, 5.74) is 5.77. The van der Waals surface area contributed by atoms with Crippen LogP contribution in [0.1, 0.15) is 19.3 Å². The third kappa shape index (κ3) is 3.98. The Morgan fingerprint density at radius 2 is 2.29 bits per heavy atom. The minimum atomic E-state index is -0.840. The monoisotopic (exact) mass is 244 g/mol. The van der Waals surface area contributed by atoms with Gasteiger partial charge in [-0.25, -0.2) is 0 Å². The van der Waals surface area contributed by atoms with Crippen LogP contribution in [0, 0.1) is 5.92 Å². The molecular formula is C11H20N2O4. The van der Waals surface area contributed by atoms with E-state index in [0.29, 0.717) is 26.0 Å². The van der Waals surface area contributed by atoms with Gasteiger partial charge in [-0.2, -0.15) is 0 Å². The summed E-state index contributed by atoms with van der Waals surface area (Å²) in [6.45, 7) is 1.36. The molecule has 0 spiro atoms. The first-order valence-electron chi connectivity index (χ1n) is 5.82. The number of carbonyl (C=O) groups excluding carboxylic acids is 1. The smallest absolute Gasteiger partial charge is 0.308 e. The van der Waals surface area contributed by atoms with Crippen LogP contribution in [-0.4, -0.2) is 54.7 Å². The van der Waals surface area contributed by atoms with Crippen LogP contribution in [0.3, 0.4) is 0 Å². The zero-order chi connectivity index (χ0) is 12.8. The Hall–Kier alpha value is -1.14. The van der Waals surface area contributed by atoms with Crippen LogP contribution in [0.4, 0.5) is 0 Å². The molecule has 98 valence electrons. The molecule has 1 amide bonds. The van der Waals surface area contributed by atoms with Gasteiger partial charge in [0.2, 0.25) is 5.91 Å². The molecule has 0 aromatic rings. The van der Waals surface area contributed by atoms with Crippen molar-refractivity contribution < 1.29 is 19.4 Å². The summed E-state index contributed by atoms with van der Waals surface area (Å²) in [5, 5.41) is 8.84. The average molecular weight is 244 g/mol. The van der Waals surface area contributed by atoms with Gasteiger partial charge in [0.05, 0.1) is 12.0 Å². The summed E-state index contributed by atoms with van der Waals surface area (Å²) >= 11 is 0. The second-order valence-electron chi connectivity index (χ2n) is 4.35. The molecule has 0 bridgehead atoms. The van der Waals surface area contributed by atoms with E-state index >= 15 is 0 Å². The average Bonchev–Trinajstić information content (AvgIpc) is 2.77. The first kappa shape index (κ1) is 13.9. The molecule has 3 N–H and O–H groups in total. The lowest BCUT2D eigenvalue weighted by Crippen LogP contribution is -2.43. The van der Waals surface area contributed by atoms with Gasteiger partial charge in [0, 0.05) is 26.8 Å². The third-order valence-electron chi connectivity index (χ3n) is 3.03. The molecule has 2 unspecified atom stereocenters. The summed E-state index contributed by atoms with van der Waals surface area (Å²) in [7, 11) is 1.60. The van der Waals surface area contributed by atoms with Gasteiger partial charge in [0.15, 0.2) is 0 Å². The van der Waals surface area contributed by atoms with Crippen molar-refractivity contribution in [2.24, 2.45) is 11.7 Å². The van der Waals surface area contributed by atoms with Crippen LogP contribution in [-0.2, 0) is 14.3 Å². The Morgan fingerprint density at radius 3 is 2.82 bits per heavy atom. The number of ether oxygens (including phenoxy) is 1. The second-order valence-corrected chi connectivity index (χ2v) is 4.35. The summed E-state index contributed by atoms with van der Waals surface area (Å²) < 4.78 is 4.89. The molecule has 1 heterocycles. The molecular weight excluding hydrogens is 224 g/mol. The molecule has 17 heavy (non-hydrogen) atoms. The first-order chi connectivity index (χ1) is 8.06. The Morgan fingerprint density at radius 1 is 1.59 bits per heavy atom. The number of carbonyl (C=O) groups is 2. The SMILES string of the molecule is COCCCC(N)C(=O)N1CCC(C(=O)O)C1. The number of nitrogens with zero attached hydrogens (tertiary/aromatic N) is 1. The van der Waals surface area contributed by atoms with Gasteiger partial charge in [-0.15, -0.1) is 0 Å². The lowest BCUT2D eigenvalue weighted by atomic mass is 10.1. The van der Waals surface area contributed by atoms with E-state index < -0.39 is 17.9 Å². The molecule has 1 aliphatic heterocycles. The topological polar surface area (TPSA) is 92.9 Å². The van der Waals surface area contributed by atoms with E-state index in [1.54, 1.807) is 12.0 Å². The lowest BCUT2D eigenvalue weighted by Gasteiger charge is -2.20. The summed E-state index contributed by atoms with van der Waals surface area (Å²) in [5.74, 6) is -1.43. The highest BCUT2D eigenvalue weighted by atomic mass is 16.5. The van der Waals surface area contributed by atoms with Crippen LogP contribution < -0.4 is 5.73 Å². The van der Waals surface area contributed by atoms with E-state index in [4.69, 9.17) is 15.6 Å². The van der Waals surface area contributed by atoms with Crippen molar-refractivity contribution in [2.45, 2.75) is 25.3 Å². The van der Waals surface area contributed by atoms with E-state index in [9.17, 15) is 9.59 Å². The van der Waals surface area contributed by atoms with E-state index in [1.165, 1.54) is 0 Å². The molecule has 0 radical (unpaired) electrons. The normalized spacial score (nSPS) is 21.5. The fourth-order valence-electron chi connectivity index (χ4n) is 1.97. The number of nitrogens with two attached hydrogens (primary N) is 1. The molecule has 0 aliphatic carbocycles. The standard InChI is InChI=1S/C11H20N2O4/c1-17-6-2-3-9(12)10(14)13-5-4-8(7-13)11(15)16/h8-9H,2-7,12H2,1H3,(H,15,16). The lowest BCUT2D eigenvalue weighted by molar-refractivity contribution is -0.141. The van der Waals surface area contributed by atoms with E-state index in [1.807, 2.05) is 0 Å². The van der Waals surface area contributed by atoms with Crippen molar-refractivity contribution in [2.75, 3.05) is 26.8 Å². The number of carboxylic acids is 1. The Balaban J connectivity index is 2.35. The first-order valence-corrected chi connectivity index (χ1v) is 5.82. The van der Waals surface area contributed by atoms with Crippen molar-refractivity contribution in [3.63, 3.8) is 0 Å². The quantitative estimate of drug-likeness (QED) is 0.624. The minimum absolute atomic E-state index is 0.148. The maximum absolute atomic E-state index is 11.9. The van der Waals surface area contributed by atoms with Crippen molar-refractivity contribution in [1.82, 2.24) is 4.90 Å². The third-order valence-corrected chi connectivity index (χ3v) is 3.03. The highest BCUT2D eigenvalue weighted by Crippen LogP contribution is 2.17. The zero-order valence-electron chi connectivity index (χ0n) is 10.1. The van der Waals surface area contributed by atoms with Crippen molar-refractivity contribution in [1.29, 1.82) is 0 Å². The molecule has 1 rings (SSSR count). The number of hydrogen-bond donors (Lipinski definition) is 2. The fraction of sp³-hybridized carbons (Fsp3) is 0.818. The maximum Gasteiger partial charge on any atom is 0.308 e. The molecule has 1 fully saturated rings. The molecule has 0 aromatic carbocycles. The van der Waals surface area contributed by atoms with E-state index in [-0.39, 0.29) is 12.5 Å². The number of amides is 1. The van der Waals surface area contributed by atoms with Crippen LogP contribution >= 0.6 is 0 Å².